The van der Waals surface area contributed by atoms with E-state index >= 15 is 0 Å². The molecule has 1 aliphatic carbocycles. The zero-order valence-electron chi connectivity index (χ0n) is 13.3. The minimum absolute atomic E-state index is 0.226. The van der Waals surface area contributed by atoms with Crippen molar-refractivity contribution >= 4 is 40.7 Å². The Balaban J connectivity index is 1.88. The summed E-state index contributed by atoms with van der Waals surface area (Å²) in [6, 6.07) is 6.07. The predicted molar refractivity (Wildman–Crippen MR) is 102 cm³/mol. The minimum atomic E-state index is 0.226. The Morgan fingerprint density at radius 1 is 1.17 bits per heavy atom. The molecule has 1 aromatic carbocycles. The number of aliphatic imine (C=N–C) groups is 1. The molecule has 2 heterocycles. The first-order valence-corrected chi connectivity index (χ1v) is 9.80. The van der Waals surface area contributed by atoms with Crippen LogP contribution in [-0.4, -0.2) is 11.5 Å². The highest BCUT2D eigenvalue weighted by Crippen LogP contribution is 2.52. The van der Waals surface area contributed by atoms with Crippen LogP contribution in [0.1, 0.15) is 44.6 Å². The van der Waals surface area contributed by atoms with Gasteiger partial charge in [0.05, 0.1) is 15.7 Å². The fourth-order valence-corrected chi connectivity index (χ4v) is 5.25. The third kappa shape index (κ3) is 2.79. The van der Waals surface area contributed by atoms with Crippen LogP contribution in [0.15, 0.2) is 45.4 Å². The van der Waals surface area contributed by atoms with Crippen molar-refractivity contribution in [3.63, 3.8) is 0 Å². The van der Waals surface area contributed by atoms with Crippen LogP contribution in [0.25, 0.3) is 0 Å². The van der Waals surface area contributed by atoms with Crippen LogP contribution >= 0.6 is 35.0 Å². The van der Waals surface area contributed by atoms with E-state index in [4.69, 9.17) is 28.2 Å². The van der Waals surface area contributed by atoms with Gasteiger partial charge in [-0.3, -0.25) is 4.99 Å². The number of fused-ring (bicyclic) bond motifs is 1. The van der Waals surface area contributed by atoms with Crippen molar-refractivity contribution in [2.24, 2.45) is 10.4 Å². The fourth-order valence-electron chi connectivity index (χ4n) is 3.68. The van der Waals surface area contributed by atoms with E-state index in [1.165, 1.54) is 33.9 Å². The highest BCUT2D eigenvalue weighted by Gasteiger charge is 2.37. The molecule has 0 spiro atoms. The number of nitrogens with zero attached hydrogens (tertiary/aromatic N) is 1. The van der Waals surface area contributed by atoms with Gasteiger partial charge in [0, 0.05) is 22.3 Å². The quantitative estimate of drug-likeness (QED) is 0.545. The summed E-state index contributed by atoms with van der Waals surface area (Å²) < 4.78 is 0. The van der Waals surface area contributed by atoms with Crippen molar-refractivity contribution < 1.29 is 0 Å². The lowest BCUT2D eigenvalue weighted by atomic mass is 9.72. The highest BCUT2D eigenvalue weighted by molar-refractivity contribution is 8.03. The van der Waals surface area contributed by atoms with Gasteiger partial charge in [-0.15, -0.1) is 11.8 Å². The largest absolute Gasteiger partial charge is 0.257 e. The topological polar surface area (TPSA) is 12.4 Å². The molecular weight excluding hydrogens is 345 g/mol. The second kappa shape index (κ2) is 5.68. The summed E-state index contributed by atoms with van der Waals surface area (Å²) >= 11 is 14.4. The molecule has 23 heavy (non-hydrogen) atoms. The van der Waals surface area contributed by atoms with E-state index in [0.717, 1.165) is 18.6 Å². The molecule has 3 aliphatic rings. The monoisotopic (exact) mass is 363 g/mol. The van der Waals surface area contributed by atoms with E-state index in [1.807, 2.05) is 23.9 Å². The lowest BCUT2D eigenvalue weighted by Crippen LogP contribution is -2.26. The third-order valence-electron chi connectivity index (χ3n) is 4.89. The van der Waals surface area contributed by atoms with E-state index in [1.54, 1.807) is 0 Å². The Labute approximate surface area is 151 Å². The first-order chi connectivity index (χ1) is 10.9. The molecule has 0 amide bonds. The summed E-state index contributed by atoms with van der Waals surface area (Å²) in [5.74, 6) is 1.41. The third-order valence-corrected chi connectivity index (χ3v) is 6.82. The van der Waals surface area contributed by atoms with Gasteiger partial charge in [0.2, 0.25) is 0 Å². The molecule has 0 fully saturated rings. The van der Waals surface area contributed by atoms with Crippen molar-refractivity contribution in [3.8, 4) is 0 Å². The molecule has 1 nitrogen and oxygen atoms in total. The number of thioether (sulfide) groups is 1. The number of hydrogen-bond donors (Lipinski definition) is 0. The Hall–Kier alpha value is -0.700. The molecule has 0 bridgehead atoms. The maximum atomic E-state index is 6.30. The second-order valence-corrected chi connectivity index (χ2v) is 9.11. The van der Waals surface area contributed by atoms with E-state index in [2.05, 4.69) is 26.0 Å². The van der Waals surface area contributed by atoms with Crippen molar-refractivity contribution in [2.45, 2.75) is 39.0 Å². The van der Waals surface area contributed by atoms with Gasteiger partial charge >= 0.3 is 0 Å². The molecule has 0 N–H and O–H groups in total. The molecular formula is C19H19Cl2NS. The lowest BCUT2D eigenvalue weighted by Gasteiger charge is -2.35. The van der Waals surface area contributed by atoms with Gasteiger partial charge in [-0.1, -0.05) is 49.2 Å². The van der Waals surface area contributed by atoms with Crippen molar-refractivity contribution in [2.75, 3.05) is 5.75 Å². The van der Waals surface area contributed by atoms with Crippen LogP contribution in [0, 0.1) is 5.41 Å². The lowest BCUT2D eigenvalue weighted by molar-refractivity contribution is 0.435. The molecule has 1 atom stereocenters. The summed E-state index contributed by atoms with van der Waals surface area (Å²) in [6.07, 6.45) is 5.75. The van der Waals surface area contributed by atoms with Gasteiger partial charge in [0.1, 0.15) is 0 Å². The van der Waals surface area contributed by atoms with Crippen LogP contribution in [0.3, 0.4) is 0 Å². The molecule has 1 aromatic rings. The maximum absolute atomic E-state index is 6.30. The molecule has 1 unspecified atom stereocenters. The number of benzene rings is 1. The van der Waals surface area contributed by atoms with Crippen LogP contribution < -0.4 is 0 Å². The first kappa shape index (κ1) is 15.8. The van der Waals surface area contributed by atoms with Gasteiger partial charge in [-0.25, -0.2) is 0 Å². The smallest absolute Gasteiger partial charge is 0.0595 e. The predicted octanol–water partition coefficient (Wildman–Crippen LogP) is 6.63. The Morgan fingerprint density at radius 2 is 2.00 bits per heavy atom. The van der Waals surface area contributed by atoms with Gasteiger partial charge in [-0.05, 0) is 47.9 Å². The molecule has 0 saturated heterocycles. The molecule has 0 radical (unpaired) electrons. The number of hydrogen-bond acceptors (Lipinski definition) is 2. The van der Waals surface area contributed by atoms with Gasteiger partial charge in [-0.2, -0.15) is 0 Å². The van der Waals surface area contributed by atoms with Crippen molar-refractivity contribution in [1.29, 1.82) is 0 Å². The summed E-state index contributed by atoms with van der Waals surface area (Å²) in [5.41, 5.74) is 5.41. The second-order valence-electron chi connectivity index (χ2n) is 7.16. The number of allylic oxidation sites excluding steroid dienone is 4. The average molecular weight is 364 g/mol. The normalized spacial score (nSPS) is 25.7. The molecule has 2 aliphatic heterocycles. The molecule has 0 aromatic heterocycles. The van der Waals surface area contributed by atoms with Crippen LogP contribution in [0.2, 0.25) is 10.0 Å². The van der Waals surface area contributed by atoms with Crippen molar-refractivity contribution in [1.82, 2.24) is 0 Å². The number of rotatable bonds is 1. The molecule has 120 valence electrons. The average Bonchev–Trinajstić information content (AvgIpc) is 2.95. The maximum Gasteiger partial charge on any atom is 0.0595 e. The van der Waals surface area contributed by atoms with Gasteiger partial charge in [0.15, 0.2) is 0 Å². The van der Waals surface area contributed by atoms with E-state index in [-0.39, 0.29) is 11.3 Å². The zero-order valence-corrected chi connectivity index (χ0v) is 15.7. The molecule has 4 rings (SSSR count). The Kier molecular flexibility index (Phi) is 3.91. The highest BCUT2D eigenvalue weighted by atomic mass is 35.5. The minimum Gasteiger partial charge on any atom is -0.257 e. The Bertz CT molecular complexity index is 774. The van der Waals surface area contributed by atoms with Gasteiger partial charge in [0.25, 0.3) is 0 Å². The van der Waals surface area contributed by atoms with E-state index < -0.39 is 0 Å². The van der Waals surface area contributed by atoms with Crippen LogP contribution in [0.4, 0.5) is 0 Å². The van der Waals surface area contributed by atoms with E-state index in [9.17, 15) is 0 Å². The summed E-state index contributed by atoms with van der Waals surface area (Å²) in [4.78, 5) is 6.41. The molecule has 0 saturated carbocycles. The molecule has 4 heteroatoms. The first-order valence-electron chi connectivity index (χ1n) is 8.06. The number of halogens is 2. The standard InChI is InChI=1S/C19H19Cl2NS/c1-19(2)7-5-15-12(10-19)17(18-16(22-15)6-8-23-18)11-3-4-13(20)14(21)9-11/h3-4,9-10,17H,5-8H2,1-2H3. The van der Waals surface area contributed by atoms with Crippen LogP contribution in [0.5, 0.6) is 0 Å². The van der Waals surface area contributed by atoms with E-state index in [0.29, 0.717) is 10.0 Å². The SMILES string of the molecule is CC1(C)C=C2C(=NC3=C(SCC3)C2c2ccc(Cl)c(Cl)c2)CC1. The fraction of sp³-hybridized carbons (Fsp3) is 0.421. The van der Waals surface area contributed by atoms with Crippen LogP contribution in [-0.2, 0) is 0 Å². The summed E-state index contributed by atoms with van der Waals surface area (Å²) in [7, 11) is 0. The zero-order chi connectivity index (χ0) is 16.2. The Morgan fingerprint density at radius 3 is 2.78 bits per heavy atom. The summed E-state index contributed by atoms with van der Waals surface area (Å²) in [6.45, 7) is 4.63. The summed E-state index contributed by atoms with van der Waals surface area (Å²) in [5, 5.41) is 1.25. The van der Waals surface area contributed by atoms with Crippen molar-refractivity contribution in [3.05, 3.63) is 56.1 Å². The van der Waals surface area contributed by atoms with Gasteiger partial charge < -0.3 is 0 Å².